The van der Waals surface area contributed by atoms with Gasteiger partial charge in [0.15, 0.2) is 6.29 Å². The lowest BCUT2D eigenvalue weighted by Crippen LogP contribution is -2.40. The number of carbonyl (C=O) groups is 1. The number of hydrogen-bond acceptors (Lipinski definition) is 4. The van der Waals surface area contributed by atoms with E-state index in [4.69, 9.17) is 9.47 Å². The molecule has 2 atom stereocenters. The Hall–Kier alpha value is -0.710. The quantitative estimate of drug-likeness (QED) is 0.522. The minimum absolute atomic E-state index is 0.354. The van der Waals surface area contributed by atoms with Crippen molar-refractivity contribution in [3.05, 3.63) is 11.1 Å². The lowest BCUT2D eigenvalue weighted by Gasteiger charge is -2.35. The van der Waals surface area contributed by atoms with Crippen LogP contribution in [0.3, 0.4) is 0 Å². The normalized spacial score (nSPS) is 23.4. The third-order valence-electron chi connectivity index (χ3n) is 3.84. The summed E-state index contributed by atoms with van der Waals surface area (Å²) in [7, 11) is 0. The Kier molecular flexibility index (Phi) is 8.04. The third kappa shape index (κ3) is 4.40. The van der Waals surface area contributed by atoms with E-state index in [-0.39, 0.29) is 5.92 Å². The molecule has 0 aromatic carbocycles. The van der Waals surface area contributed by atoms with Crippen molar-refractivity contribution >= 4 is 6.29 Å². The summed E-state index contributed by atoms with van der Waals surface area (Å²) in [6, 6.07) is 0. The zero-order valence-electron chi connectivity index (χ0n) is 12.9. The fraction of sp³-hybridized carbons (Fsp3) is 0.812. The van der Waals surface area contributed by atoms with Crippen molar-refractivity contribution in [3.63, 3.8) is 0 Å². The fourth-order valence-corrected chi connectivity index (χ4v) is 2.82. The Labute approximate surface area is 122 Å². The molecule has 0 bridgehead atoms. The maximum atomic E-state index is 11.5. The van der Waals surface area contributed by atoms with Crippen LogP contribution in [-0.2, 0) is 14.3 Å². The van der Waals surface area contributed by atoms with E-state index < -0.39 is 12.4 Å². The van der Waals surface area contributed by atoms with Crippen LogP contribution in [0.1, 0.15) is 52.9 Å². The summed E-state index contributed by atoms with van der Waals surface area (Å²) in [5, 5.41) is 10.3. The van der Waals surface area contributed by atoms with Gasteiger partial charge in [-0.05, 0) is 39.5 Å². The predicted octanol–water partition coefficient (Wildman–Crippen LogP) is 2.84. The van der Waals surface area contributed by atoms with E-state index in [1.807, 2.05) is 13.8 Å². The molecule has 116 valence electrons. The highest BCUT2D eigenvalue weighted by Crippen LogP contribution is 2.35. The monoisotopic (exact) mass is 284 g/mol. The van der Waals surface area contributed by atoms with E-state index >= 15 is 0 Å². The summed E-state index contributed by atoms with van der Waals surface area (Å²) in [6.45, 7) is 6.93. The number of allylic oxidation sites excluding steroid dienone is 1. The van der Waals surface area contributed by atoms with Gasteiger partial charge in [0.25, 0.3) is 0 Å². The molecule has 0 aromatic heterocycles. The molecular formula is C16H28O4. The molecule has 0 amide bonds. The van der Waals surface area contributed by atoms with Gasteiger partial charge in [-0.3, -0.25) is 4.79 Å². The van der Waals surface area contributed by atoms with Crippen molar-refractivity contribution in [1.82, 2.24) is 0 Å². The van der Waals surface area contributed by atoms with Crippen LogP contribution < -0.4 is 0 Å². The van der Waals surface area contributed by atoms with Crippen LogP contribution in [0.15, 0.2) is 11.1 Å². The smallest absolute Gasteiger partial charge is 0.166 e. The Morgan fingerprint density at radius 1 is 1.30 bits per heavy atom. The number of aldehydes is 1. The van der Waals surface area contributed by atoms with Crippen LogP contribution in [0, 0.1) is 5.92 Å². The molecule has 0 saturated carbocycles. The number of carbonyl (C=O) groups excluding carboxylic acids is 1. The van der Waals surface area contributed by atoms with Gasteiger partial charge in [0.05, 0.1) is 12.0 Å². The summed E-state index contributed by atoms with van der Waals surface area (Å²) < 4.78 is 11.2. The van der Waals surface area contributed by atoms with Crippen LogP contribution in [-0.4, -0.2) is 37.0 Å². The van der Waals surface area contributed by atoms with Crippen molar-refractivity contribution in [3.8, 4) is 0 Å². The molecule has 4 heteroatoms. The molecule has 0 spiro atoms. The highest BCUT2D eigenvalue weighted by molar-refractivity contribution is 5.76. The van der Waals surface area contributed by atoms with Crippen molar-refractivity contribution in [1.29, 1.82) is 0 Å². The average Bonchev–Trinajstić information content (AvgIpc) is 2.45. The summed E-state index contributed by atoms with van der Waals surface area (Å²) in [5.74, 6) is -0.354. The second kappa shape index (κ2) is 9.27. The van der Waals surface area contributed by atoms with Gasteiger partial charge in [0.2, 0.25) is 0 Å². The zero-order chi connectivity index (χ0) is 15.0. The van der Waals surface area contributed by atoms with Crippen molar-refractivity contribution in [2.75, 3.05) is 13.2 Å². The minimum atomic E-state index is -0.566. The molecular weight excluding hydrogens is 256 g/mol. The fourth-order valence-electron chi connectivity index (χ4n) is 2.82. The summed E-state index contributed by atoms with van der Waals surface area (Å²) in [5.41, 5.74) is 1.87. The first-order valence-corrected chi connectivity index (χ1v) is 7.77. The predicted molar refractivity (Wildman–Crippen MR) is 78.4 cm³/mol. The molecule has 20 heavy (non-hydrogen) atoms. The molecule has 0 saturated heterocycles. The van der Waals surface area contributed by atoms with E-state index in [1.165, 1.54) is 5.57 Å². The van der Waals surface area contributed by atoms with E-state index in [2.05, 4.69) is 6.92 Å². The van der Waals surface area contributed by atoms with Crippen molar-refractivity contribution < 1.29 is 19.4 Å². The number of rotatable bonds is 9. The van der Waals surface area contributed by atoms with Gasteiger partial charge < -0.3 is 14.6 Å². The Morgan fingerprint density at radius 2 is 1.95 bits per heavy atom. The van der Waals surface area contributed by atoms with Gasteiger partial charge >= 0.3 is 0 Å². The molecule has 0 aliphatic heterocycles. The molecule has 1 aliphatic carbocycles. The number of unbranched alkanes of at least 4 members (excludes halogenated alkanes) is 1. The first-order valence-electron chi connectivity index (χ1n) is 7.77. The topological polar surface area (TPSA) is 55.8 Å². The van der Waals surface area contributed by atoms with E-state index in [9.17, 15) is 9.90 Å². The van der Waals surface area contributed by atoms with Gasteiger partial charge in [-0.15, -0.1) is 0 Å². The van der Waals surface area contributed by atoms with Crippen LogP contribution >= 0.6 is 0 Å². The average molecular weight is 284 g/mol. The maximum absolute atomic E-state index is 11.5. The largest absolute Gasteiger partial charge is 0.392 e. The van der Waals surface area contributed by atoms with Crippen LogP contribution in [0.4, 0.5) is 0 Å². The first-order chi connectivity index (χ1) is 9.69. The van der Waals surface area contributed by atoms with E-state index in [0.29, 0.717) is 25.2 Å². The number of aliphatic hydroxyl groups is 1. The van der Waals surface area contributed by atoms with E-state index in [1.54, 1.807) is 0 Å². The van der Waals surface area contributed by atoms with Crippen molar-refractivity contribution in [2.24, 2.45) is 5.92 Å². The molecule has 0 aromatic rings. The first kappa shape index (κ1) is 17.3. The van der Waals surface area contributed by atoms with Gasteiger partial charge in [0, 0.05) is 18.8 Å². The molecule has 1 N–H and O–H groups in total. The summed E-state index contributed by atoms with van der Waals surface area (Å²) >= 11 is 0. The van der Waals surface area contributed by atoms with Crippen LogP contribution in [0.2, 0.25) is 0 Å². The lowest BCUT2D eigenvalue weighted by atomic mass is 9.79. The van der Waals surface area contributed by atoms with Gasteiger partial charge in [0.1, 0.15) is 6.29 Å². The van der Waals surface area contributed by atoms with Gasteiger partial charge in [-0.2, -0.15) is 0 Å². The Morgan fingerprint density at radius 3 is 2.45 bits per heavy atom. The molecule has 4 nitrogen and oxygen atoms in total. The van der Waals surface area contributed by atoms with Crippen molar-refractivity contribution in [2.45, 2.75) is 65.3 Å². The molecule has 0 unspecified atom stereocenters. The summed E-state index contributed by atoms with van der Waals surface area (Å²) in [4.78, 5) is 11.5. The van der Waals surface area contributed by atoms with Gasteiger partial charge in [-0.1, -0.05) is 18.9 Å². The Balaban J connectivity index is 2.99. The van der Waals surface area contributed by atoms with Crippen LogP contribution in [0.5, 0.6) is 0 Å². The molecule has 0 radical (unpaired) electrons. The number of aliphatic hydroxyl groups excluding tert-OH is 1. The molecule has 1 aliphatic rings. The molecule has 0 heterocycles. The second-order valence-corrected chi connectivity index (χ2v) is 5.19. The third-order valence-corrected chi connectivity index (χ3v) is 3.84. The summed E-state index contributed by atoms with van der Waals surface area (Å²) in [6.07, 6.45) is 4.38. The SMILES string of the molecule is CCCCC1=C(C=O)[C@H](C(OCC)OCC)[C@@H](O)CC1. The zero-order valence-corrected chi connectivity index (χ0v) is 12.9. The maximum Gasteiger partial charge on any atom is 0.166 e. The minimum Gasteiger partial charge on any atom is -0.392 e. The Bertz CT molecular complexity index is 318. The standard InChI is InChI=1S/C16H28O4/c1-4-7-8-12-9-10-14(18)15(13(12)11-17)16(19-5-2)20-6-3/h11,14-16,18H,4-10H2,1-3H3/t14-,15-/m0/s1. The van der Waals surface area contributed by atoms with Gasteiger partial charge in [-0.25, -0.2) is 0 Å². The number of hydrogen-bond donors (Lipinski definition) is 1. The highest BCUT2D eigenvalue weighted by atomic mass is 16.7. The van der Waals surface area contributed by atoms with Crippen LogP contribution in [0.25, 0.3) is 0 Å². The number of ether oxygens (including phenoxy) is 2. The highest BCUT2D eigenvalue weighted by Gasteiger charge is 2.37. The van der Waals surface area contributed by atoms with E-state index in [0.717, 1.165) is 32.0 Å². The second-order valence-electron chi connectivity index (χ2n) is 5.19. The lowest BCUT2D eigenvalue weighted by molar-refractivity contribution is -0.180. The molecule has 0 fully saturated rings. The molecule has 1 rings (SSSR count).